The molecule has 8 nitrogen and oxygen atoms in total. The fraction of sp³-hybridized carbons (Fsp3) is 0.208. The van der Waals surface area contributed by atoms with Crippen molar-refractivity contribution in [1.29, 1.82) is 5.26 Å². The largest absolute Gasteiger partial charge is 0.330 e. The molecule has 1 fully saturated rings. The van der Waals surface area contributed by atoms with Gasteiger partial charge in [-0.3, -0.25) is 9.80 Å². The molecule has 5 rings (SSSR count). The number of thiophene rings is 1. The van der Waals surface area contributed by atoms with Crippen molar-refractivity contribution in [1.82, 2.24) is 4.98 Å². The summed E-state index contributed by atoms with van der Waals surface area (Å²) in [6, 6.07) is 12.0. The number of hydrogen-bond donors (Lipinski definition) is 1. The number of nitrogens with zero attached hydrogens (tertiary/aromatic N) is 4. The molecule has 0 aliphatic carbocycles. The highest BCUT2D eigenvalue weighted by molar-refractivity contribution is 7.91. The number of thiazole rings is 1. The second-order valence-electron chi connectivity index (χ2n) is 8.40. The molecule has 2 aromatic heterocycles. The smallest absolute Gasteiger partial charge is 0.294 e. The molecule has 0 unspecified atom stereocenters. The van der Waals surface area contributed by atoms with E-state index in [-0.39, 0.29) is 26.9 Å². The third-order valence-corrected chi connectivity index (χ3v) is 10.0. The lowest BCUT2D eigenvalue weighted by atomic mass is 10.0. The van der Waals surface area contributed by atoms with Gasteiger partial charge in [0.1, 0.15) is 16.8 Å². The molecular weight excluding hydrogens is 521 g/mol. The van der Waals surface area contributed by atoms with E-state index in [9.17, 15) is 22.9 Å². The molecule has 1 aliphatic rings. The Morgan fingerprint density at radius 1 is 1.11 bits per heavy atom. The number of anilines is 2. The Balaban J connectivity index is 1.47. The number of rotatable bonds is 4. The zero-order valence-electron chi connectivity index (χ0n) is 19.3. The average molecular weight is 542 g/mol. The second-order valence-corrected chi connectivity index (χ2v) is 12.2. The van der Waals surface area contributed by atoms with Gasteiger partial charge in [-0.2, -0.15) is 5.26 Å². The Hall–Kier alpha value is -3.37. The number of halogens is 1. The Morgan fingerprint density at radius 3 is 2.44 bits per heavy atom. The van der Waals surface area contributed by atoms with Crippen molar-refractivity contribution >= 4 is 59.6 Å². The summed E-state index contributed by atoms with van der Waals surface area (Å²) < 4.78 is 38.8. The number of aryl methyl sites for hydroxylation is 2. The Kier molecular flexibility index (Phi) is 6.04. The summed E-state index contributed by atoms with van der Waals surface area (Å²) >= 11 is 2.21. The molecule has 4 aromatic rings. The van der Waals surface area contributed by atoms with Gasteiger partial charge in [-0.1, -0.05) is 23.5 Å². The molecule has 0 radical (unpaired) electrons. The van der Waals surface area contributed by atoms with Crippen LogP contribution in [0.4, 0.5) is 20.0 Å². The maximum Gasteiger partial charge on any atom is 0.330 e. The van der Waals surface area contributed by atoms with Gasteiger partial charge in [0.25, 0.3) is 0 Å². The molecule has 0 spiro atoms. The first-order valence-corrected chi connectivity index (χ1v) is 14.1. The fourth-order valence-corrected chi connectivity index (χ4v) is 7.40. The zero-order valence-corrected chi connectivity index (χ0v) is 21.7. The van der Waals surface area contributed by atoms with Gasteiger partial charge in [0.15, 0.2) is 9.34 Å². The minimum atomic E-state index is -3.93. The van der Waals surface area contributed by atoms with Crippen LogP contribution < -0.4 is 14.9 Å². The Bertz CT molecular complexity index is 1670. The fourth-order valence-electron chi connectivity index (χ4n) is 4.31. The van der Waals surface area contributed by atoms with Crippen molar-refractivity contribution in [2.24, 2.45) is 5.14 Å². The number of primary sulfonamides is 1. The number of aromatic nitrogens is 1. The lowest BCUT2D eigenvalue weighted by molar-refractivity contribution is 0.248. The van der Waals surface area contributed by atoms with Gasteiger partial charge >= 0.3 is 6.03 Å². The highest BCUT2D eigenvalue weighted by Crippen LogP contribution is 2.39. The lowest BCUT2D eigenvalue weighted by Crippen LogP contribution is -2.49. The van der Waals surface area contributed by atoms with Crippen molar-refractivity contribution in [3.63, 3.8) is 0 Å². The van der Waals surface area contributed by atoms with E-state index >= 15 is 0 Å². The summed E-state index contributed by atoms with van der Waals surface area (Å²) in [6.07, 6.45) is 0.659. The summed E-state index contributed by atoms with van der Waals surface area (Å²) in [5.41, 5.74) is 3.13. The minimum absolute atomic E-state index is 0.0587. The number of fused-ring (bicyclic) bond motifs is 1. The van der Waals surface area contributed by atoms with E-state index < -0.39 is 10.0 Å². The van der Waals surface area contributed by atoms with Crippen LogP contribution in [0, 0.1) is 31.0 Å². The van der Waals surface area contributed by atoms with E-state index in [0.29, 0.717) is 35.6 Å². The normalized spacial score (nSPS) is 14.5. The van der Waals surface area contributed by atoms with Gasteiger partial charge in [-0.15, -0.1) is 11.3 Å². The molecule has 0 bridgehead atoms. The van der Waals surface area contributed by atoms with Crippen LogP contribution in [0.1, 0.15) is 22.6 Å². The molecule has 1 aliphatic heterocycles. The highest BCUT2D eigenvalue weighted by Gasteiger charge is 2.31. The number of amides is 2. The Morgan fingerprint density at radius 2 is 1.81 bits per heavy atom. The number of carbonyl (C=O) groups is 1. The van der Waals surface area contributed by atoms with Crippen LogP contribution in [-0.4, -0.2) is 32.5 Å². The summed E-state index contributed by atoms with van der Waals surface area (Å²) in [7, 11) is -3.93. The van der Waals surface area contributed by atoms with Crippen molar-refractivity contribution in [3.8, 4) is 17.2 Å². The van der Waals surface area contributed by atoms with E-state index in [1.807, 2.05) is 19.1 Å². The van der Waals surface area contributed by atoms with E-state index in [1.54, 1.807) is 24.0 Å². The quantitative estimate of drug-likeness (QED) is 0.384. The predicted octanol–water partition coefficient (Wildman–Crippen LogP) is 5.14. The number of urea groups is 1. The van der Waals surface area contributed by atoms with Crippen molar-refractivity contribution in [2.45, 2.75) is 24.5 Å². The minimum Gasteiger partial charge on any atom is -0.294 e. The molecule has 2 aromatic carbocycles. The molecule has 0 atom stereocenters. The molecule has 36 heavy (non-hydrogen) atoms. The first-order chi connectivity index (χ1) is 17.1. The van der Waals surface area contributed by atoms with Crippen LogP contribution in [0.25, 0.3) is 21.2 Å². The van der Waals surface area contributed by atoms with Gasteiger partial charge in [0.05, 0.1) is 5.69 Å². The van der Waals surface area contributed by atoms with Crippen LogP contribution in [-0.2, 0) is 10.0 Å². The van der Waals surface area contributed by atoms with Crippen LogP contribution >= 0.6 is 22.7 Å². The van der Waals surface area contributed by atoms with E-state index in [0.717, 1.165) is 32.5 Å². The second kappa shape index (κ2) is 8.94. The van der Waals surface area contributed by atoms with Crippen molar-refractivity contribution in [3.05, 3.63) is 58.3 Å². The summed E-state index contributed by atoms with van der Waals surface area (Å²) in [4.78, 5) is 21.2. The molecule has 184 valence electrons. The standard InChI is InChI=1S/C24H20FN5O3S3/c1-13-18-10-16(25)11-19(21(18)34-20(13)12-26)15-4-6-17(7-5-15)29-8-3-9-30(24(29)31)23-28-14(2)22(35-23)36(27,32)33/h4-7,10-11H,3,8-9H2,1-2H3,(H2,27,32,33). The molecule has 0 saturated carbocycles. The van der Waals surface area contributed by atoms with Crippen LogP contribution in [0.15, 0.2) is 40.6 Å². The summed E-state index contributed by atoms with van der Waals surface area (Å²) in [5, 5.41) is 15.7. The van der Waals surface area contributed by atoms with Crippen LogP contribution in [0.3, 0.4) is 0 Å². The number of nitrogens with two attached hydrogens (primary N) is 1. The molecular formula is C24H20FN5O3S3. The first kappa shape index (κ1) is 24.3. The molecule has 12 heteroatoms. The number of carbonyl (C=O) groups excluding carboxylic acids is 1. The average Bonchev–Trinajstić information content (AvgIpc) is 3.39. The highest BCUT2D eigenvalue weighted by atomic mass is 32.2. The van der Waals surface area contributed by atoms with Crippen molar-refractivity contribution in [2.75, 3.05) is 22.9 Å². The topological polar surface area (TPSA) is 120 Å². The van der Waals surface area contributed by atoms with Gasteiger partial charge in [0, 0.05) is 34.4 Å². The third kappa shape index (κ3) is 4.14. The van der Waals surface area contributed by atoms with Gasteiger partial charge in [0.2, 0.25) is 10.0 Å². The molecule has 2 N–H and O–H groups in total. The van der Waals surface area contributed by atoms with E-state index in [4.69, 9.17) is 5.14 Å². The molecule has 3 heterocycles. The summed E-state index contributed by atoms with van der Waals surface area (Å²) in [5.74, 6) is -0.383. The maximum absolute atomic E-state index is 14.4. The van der Waals surface area contributed by atoms with E-state index in [1.165, 1.54) is 28.4 Å². The van der Waals surface area contributed by atoms with Gasteiger partial charge < -0.3 is 0 Å². The van der Waals surface area contributed by atoms with E-state index in [2.05, 4.69) is 11.1 Å². The molecule has 2 amide bonds. The first-order valence-electron chi connectivity index (χ1n) is 10.9. The lowest BCUT2D eigenvalue weighted by Gasteiger charge is -2.34. The zero-order chi connectivity index (χ0) is 25.8. The third-order valence-electron chi connectivity index (χ3n) is 6.05. The number of hydrogen-bond acceptors (Lipinski definition) is 7. The van der Waals surface area contributed by atoms with Crippen molar-refractivity contribution < 1.29 is 17.6 Å². The number of benzene rings is 2. The SMILES string of the molecule is Cc1nc(N2CCCN(c3ccc(-c4cc(F)cc5c(C)c(C#N)sc45)cc3)C2=O)sc1S(N)(=O)=O. The number of nitriles is 1. The monoisotopic (exact) mass is 541 g/mol. The number of sulfonamides is 1. The van der Waals surface area contributed by atoms with Crippen LogP contribution in [0.5, 0.6) is 0 Å². The maximum atomic E-state index is 14.4. The molecule has 1 saturated heterocycles. The van der Waals surface area contributed by atoms with Crippen LogP contribution in [0.2, 0.25) is 0 Å². The van der Waals surface area contributed by atoms with Gasteiger partial charge in [-0.05, 0) is 55.7 Å². The van der Waals surface area contributed by atoms with Gasteiger partial charge in [-0.25, -0.2) is 27.7 Å². The summed E-state index contributed by atoms with van der Waals surface area (Å²) in [6.45, 7) is 4.25. The predicted molar refractivity (Wildman–Crippen MR) is 140 cm³/mol. The Labute approximate surface area is 215 Å².